The summed E-state index contributed by atoms with van der Waals surface area (Å²) in [6, 6.07) is 5.48. The van der Waals surface area contributed by atoms with Crippen LogP contribution in [0.15, 0.2) is 30.6 Å². The number of carbonyl (C=O) groups excluding carboxylic acids is 1. The van der Waals surface area contributed by atoms with E-state index in [-0.39, 0.29) is 5.91 Å². The van der Waals surface area contributed by atoms with Crippen molar-refractivity contribution < 1.29 is 4.79 Å². The summed E-state index contributed by atoms with van der Waals surface area (Å²) in [4.78, 5) is 12.1. The molecule has 0 aliphatic rings. The van der Waals surface area contributed by atoms with E-state index < -0.39 is 0 Å². The molecule has 0 aliphatic heterocycles. The van der Waals surface area contributed by atoms with Crippen LogP contribution in [-0.2, 0) is 11.8 Å². The van der Waals surface area contributed by atoms with Gasteiger partial charge in [0, 0.05) is 24.4 Å². The lowest BCUT2D eigenvalue weighted by Crippen LogP contribution is -2.08. The minimum atomic E-state index is -0.256. The van der Waals surface area contributed by atoms with Crippen LogP contribution >= 0.6 is 11.6 Å². The number of carbonyl (C=O) groups is 1. The highest BCUT2D eigenvalue weighted by molar-refractivity contribution is 6.31. The molecule has 9 heteroatoms. The van der Waals surface area contributed by atoms with Crippen LogP contribution in [0.25, 0.3) is 11.8 Å². The lowest BCUT2D eigenvalue weighted by Gasteiger charge is -2.08. The number of tetrazole rings is 1. The number of anilines is 1. The molecule has 8 nitrogen and oxygen atoms in total. The fraction of sp³-hybridized carbons (Fsp3) is 0.188. The van der Waals surface area contributed by atoms with Crippen LogP contribution < -0.4 is 5.32 Å². The minimum absolute atomic E-state index is 0.256. The molecule has 0 fully saturated rings. The van der Waals surface area contributed by atoms with Gasteiger partial charge in [-0.3, -0.25) is 9.48 Å². The normalized spacial score (nSPS) is 11.2. The molecule has 25 heavy (non-hydrogen) atoms. The Balaban J connectivity index is 1.73. The highest BCUT2D eigenvalue weighted by Gasteiger charge is 2.09. The Labute approximate surface area is 149 Å². The first kappa shape index (κ1) is 16.8. The second-order valence-corrected chi connectivity index (χ2v) is 5.85. The van der Waals surface area contributed by atoms with Gasteiger partial charge in [0.1, 0.15) is 11.5 Å². The SMILES string of the molecule is Cc1cc(NC(=O)/C=C/c2c(C)nn(C)c2Cl)ccc1-n1cnnn1. The lowest BCUT2D eigenvalue weighted by molar-refractivity contribution is -0.111. The van der Waals surface area contributed by atoms with Crippen LogP contribution in [-0.4, -0.2) is 35.9 Å². The van der Waals surface area contributed by atoms with Crippen molar-refractivity contribution in [3.05, 3.63) is 52.6 Å². The first-order chi connectivity index (χ1) is 12.0. The molecule has 0 saturated carbocycles. The maximum absolute atomic E-state index is 12.1. The topological polar surface area (TPSA) is 90.5 Å². The Kier molecular flexibility index (Phi) is 4.62. The third-order valence-corrected chi connectivity index (χ3v) is 4.11. The molecule has 128 valence electrons. The third kappa shape index (κ3) is 3.58. The van der Waals surface area contributed by atoms with Gasteiger partial charge in [-0.1, -0.05) is 11.6 Å². The van der Waals surface area contributed by atoms with Crippen LogP contribution in [0.3, 0.4) is 0 Å². The molecule has 2 aromatic heterocycles. The zero-order chi connectivity index (χ0) is 18.0. The number of halogens is 1. The Morgan fingerprint density at radius 1 is 1.32 bits per heavy atom. The van der Waals surface area contributed by atoms with Gasteiger partial charge in [0.25, 0.3) is 0 Å². The molecule has 2 heterocycles. The fourth-order valence-electron chi connectivity index (χ4n) is 2.44. The predicted octanol–water partition coefficient (Wildman–Crippen LogP) is 2.32. The van der Waals surface area contributed by atoms with Gasteiger partial charge in [-0.25, -0.2) is 4.68 Å². The standard InChI is InChI=1S/C16H16ClN7O/c1-10-8-12(4-6-14(10)24-9-18-21-22-24)19-15(25)7-5-13-11(2)20-23(3)16(13)17/h4-9H,1-3H3,(H,19,25)/b7-5+. The molecular weight excluding hydrogens is 342 g/mol. The van der Waals surface area contributed by atoms with Gasteiger partial charge >= 0.3 is 0 Å². The summed E-state index contributed by atoms with van der Waals surface area (Å²) in [6.45, 7) is 3.76. The van der Waals surface area contributed by atoms with Crippen LogP contribution in [0.4, 0.5) is 5.69 Å². The van der Waals surface area contributed by atoms with Crippen LogP contribution in [0, 0.1) is 13.8 Å². The summed E-state index contributed by atoms with van der Waals surface area (Å²) in [5.74, 6) is -0.256. The Hall–Kier alpha value is -3.00. The van der Waals surface area contributed by atoms with E-state index in [1.54, 1.807) is 28.6 Å². The van der Waals surface area contributed by atoms with Crippen molar-refractivity contribution in [1.29, 1.82) is 0 Å². The minimum Gasteiger partial charge on any atom is -0.323 e. The summed E-state index contributed by atoms with van der Waals surface area (Å²) in [5, 5.41) is 18.6. The van der Waals surface area contributed by atoms with Gasteiger partial charge in [-0.15, -0.1) is 5.10 Å². The van der Waals surface area contributed by atoms with Crippen LogP contribution in [0.2, 0.25) is 5.15 Å². The quantitative estimate of drug-likeness (QED) is 0.723. The molecule has 3 rings (SSSR count). The Bertz CT molecular complexity index is 944. The average Bonchev–Trinajstić information content (AvgIpc) is 3.16. The Morgan fingerprint density at radius 3 is 2.72 bits per heavy atom. The number of nitrogens with one attached hydrogen (secondary N) is 1. The first-order valence-corrected chi connectivity index (χ1v) is 7.85. The van der Waals surface area contributed by atoms with E-state index >= 15 is 0 Å². The number of rotatable bonds is 4. The predicted molar refractivity (Wildman–Crippen MR) is 94.5 cm³/mol. The van der Waals surface area contributed by atoms with Gasteiger partial charge in [-0.05, 0) is 54.1 Å². The van der Waals surface area contributed by atoms with Crippen molar-refractivity contribution in [3.8, 4) is 5.69 Å². The second-order valence-electron chi connectivity index (χ2n) is 5.49. The van der Waals surface area contributed by atoms with Gasteiger partial charge in [0.05, 0.1) is 11.4 Å². The largest absolute Gasteiger partial charge is 0.323 e. The molecule has 0 aliphatic carbocycles. The molecule has 0 radical (unpaired) electrons. The molecule has 0 saturated heterocycles. The number of hydrogen-bond acceptors (Lipinski definition) is 5. The van der Waals surface area contributed by atoms with Crippen LogP contribution in [0.1, 0.15) is 16.8 Å². The van der Waals surface area contributed by atoms with Gasteiger partial charge in [0.15, 0.2) is 0 Å². The summed E-state index contributed by atoms with van der Waals surface area (Å²) >= 11 is 6.14. The summed E-state index contributed by atoms with van der Waals surface area (Å²) in [5.41, 5.74) is 3.94. The molecule has 0 spiro atoms. The van der Waals surface area contributed by atoms with Gasteiger partial charge < -0.3 is 5.32 Å². The summed E-state index contributed by atoms with van der Waals surface area (Å²) < 4.78 is 3.13. The van der Waals surface area contributed by atoms with E-state index in [0.29, 0.717) is 10.8 Å². The molecule has 0 bridgehead atoms. The number of aromatic nitrogens is 6. The Morgan fingerprint density at radius 2 is 2.12 bits per heavy atom. The molecular formula is C16H16ClN7O. The van der Waals surface area contributed by atoms with Crippen molar-refractivity contribution in [3.63, 3.8) is 0 Å². The lowest BCUT2D eigenvalue weighted by atomic mass is 10.1. The number of hydrogen-bond donors (Lipinski definition) is 1. The van der Waals surface area contributed by atoms with Crippen LogP contribution in [0.5, 0.6) is 0 Å². The van der Waals surface area contributed by atoms with E-state index in [9.17, 15) is 4.79 Å². The van der Waals surface area contributed by atoms with Gasteiger partial charge in [0.2, 0.25) is 5.91 Å². The van der Waals surface area contributed by atoms with Crippen molar-refractivity contribution in [2.75, 3.05) is 5.32 Å². The summed E-state index contributed by atoms with van der Waals surface area (Å²) in [7, 11) is 1.75. The number of benzene rings is 1. The summed E-state index contributed by atoms with van der Waals surface area (Å²) in [6.07, 6.45) is 4.60. The van der Waals surface area contributed by atoms with Crippen molar-refractivity contribution in [1.82, 2.24) is 30.0 Å². The molecule has 1 N–H and O–H groups in total. The van der Waals surface area contributed by atoms with E-state index in [4.69, 9.17) is 11.6 Å². The smallest absolute Gasteiger partial charge is 0.248 e. The molecule has 0 atom stereocenters. The van der Waals surface area contributed by atoms with Gasteiger partial charge in [-0.2, -0.15) is 5.10 Å². The zero-order valence-corrected chi connectivity index (χ0v) is 14.7. The van der Waals surface area contributed by atoms with Crippen molar-refractivity contribution >= 4 is 29.3 Å². The van der Waals surface area contributed by atoms with E-state index in [1.165, 1.54) is 12.4 Å². The van der Waals surface area contributed by atoms with Crippen molar-refractivity contribution in [2.45, 2.75) is 13.8 Å². The molecule has 0 unspecified atom stereocenters. The fourth-order valence-corrected chi connectivity index (χ4v) is 2.68. The third-order valence-electron chi connectivity index (χ3n) is 3.66. The van der Waals surface area contributed by atoms with E-state index in [1.807, 2.05) is 26.0 Å². The highest BCUT2D eigenvalue weighted by atomic mass is 35.5. The molecule has 3 aromatic rings. The molecule has 1 aromatic carbocycles. The highest BCUT2D eigenvalue weighted by Crippen LogP contribution is 2.21. The zero-order valence-electron chi connectivity index (χ0n) is 13.9. The number of aryl methyl sites for hydroxylation is 3. The van der Waals surface area contributed by atoms with E-state index in [0.717, 1.165) is 22.5 Å². The van der Waals surface area contributed by atoms with E-state index in [2.05, 4.69) is 25.9 Å². The first-order valence-electron chi connectivity index (χ1n) is 7.48. The number of amides is 1. The average molecular weight is 358 g/mol. The van der Waals surface area contributed by atoms with Crippen molar-refractivity contribution in [2.24, 2.45) is 7.05 Å². The number of nitrogens with zero attached hydrogens (tertiary/aromatic N) is 6. The second kappa shape index (κ2) is 6.86. The molecule has 1 amide bonds. The maximum Gasteiger partial charge on any atom is 0.248 e. The maximum atomic E-state index is 12.1. The monoisotopic (exact) mass is 357 g/mol.